The first-order valence-electron chi connectivity index (χ1n) is 8.48. The molecular formula is C15H33N5O2. The van der Waals surface area contributed by atoms with E-state index >= 15 is 0 Å². The highest BCUT2D eigenvalue weighted by molar-refractivity contribution is 5.69. The number of nitrogens with one attached hydrogen (secondary N) is 2. The normalized spacial score (nSPS) is 16.8. The molecule has 1 saturated heterocycles. The maximum absolute atomic E-state index is 11.2. The van der Waals surface area contributed by atoms with Crippen LogP contribution >= 0.6 is 0 Å². The SMILES string of the molecule is CCOC(=O)CCNCCN1CCN(CCNCCN)CC1. The van der Waals surface area contributed by atoms with Gasteiger partial charge in [-0.25, -0.2) is 0 Å². The second kappa shape index (κ2) is 12.8. The lowest BCUT2D eigenvalue weighted by Gasteiger charge is -2.34. The van der Waals surface area contributed by atoms with E-state index in [4.69, 9.17) is 10.5 Å². The summed E-state index contributed by atoms with van der Waals surface area (Å²) < 4.78 is 4.89. The van der Waals surface area contributed by atoms with Gasteiger partial charge in [-0.15, -0.1) is 0 Å². The van der Waals surface area contributed by atoms with Gasteiger partial charge in [0.2, 0.25) is 0 Å². The first-order chi connectivity index (χ1) is 10.8. The van der Waals surface area contributed by atoms with Gasteiger partial charge in [0.1, 0.15) is 0 Å². The molecule has 7 heteroatoms. The average molecular weight is 315 g/mol. The molecule has 1 heterocycles. The molecule has 1 rings (SSSR count). The van der Waals surface area contributed by atoms with Crippen molar-refractivity contribution >= 4 is 5.97 Å². The Morgan fingerprint density at radius 3 is 2.05 bits per heavy atom. The van der Waals surface area contributed by atoms with E-state index in [0.29, 0.717) is 26.1 Å². The zero-order chi connectivity index (χ0) is 16.0. The monoisotopic (exact) mass is 315 g/mol. The molecule has 1 aliphatic heterocycles. The second-order valence-corrected chi connectivity index (χ2v) is 5.53. The Bertz CT molecular complexity index is 283. The molecule has 0 aromatic carbocycles. The van der Waals surface area contributed by atoms with Crippen molar-refractivity contribution in [3.05, 3.63) is 0 Å². The Hall–Kier alpha value is -0.730. The standard InChI is InChI=1S/C15H33N5O2/c1-2-22-15(21)3-5-17-7-9-19-11-13-20(14-12-19)10-8-18-6-4-16/h17-18H,2-14,16H2,1H3. The van der Waals surface area contributed by atoms with Crippen molar-refractivity contribution in [1.29, 1.82) is 0 Å². The molecule has 0 bridgehead atoms. The van der Waals surface area contributed by atoms with Gasteiger partial charge < -0.3 is 21.1 Å². The molecule has 0 amide bonds. The fourth-order valence-corrected chi connectivity index (χ4v) is 2.49. The van der Waals surface area contributed by atoms with Gasteiger partial charge >= 0.3 is 5.97 Å². The van der Waals surface area contributed by atoms with Crippen LogP contribution in [0.1, 0.15) is 13.3 Å². The van der Waals surface area contributed by atoms with Crippen LogP contribution in [0.4, 0.5) is 0 Å². The van der Waals surface area contributed by atoms with Crippen LogP contribution in [0.3, 0.4) is 0 Å². The maximum Gasteiger partial charge on any atom is 0.307 e. The van der Waals surface area contributed by atoms with Crippen LogP contribution in [-0.4, -0.2) is 94.4 Å². The van der Waals surface area contributed by atoms with Gasteiger partial charge in [-0.1, -0.05) is 0 Å². The van der Waals surface area contributed by atoms with Gasteiger partial charge in [-0.3, -0.25) is 14.6 Å². The van der Waals surface area contributed by atoms with Crippen molar-refractivity contribution in [2.75, 3.05) is 78.6 Å². The molecule has 1 fully saturated rings. The predicted octanol–water partition coefficient (Wildman–Crippen LogP) is -1.30. The number of nitrogens with zero attached hydrogens (tertiary/aromatic N) is 2. The highest BCUT2D eigenvalue weighted by Gasteiger charge is 2.15. The number of nitrogens with two attached hydrogens (primary N) is 1. The van der Waals surface area contributed by atoms with Gasteiger partial charge in [0.25, 0.3) is 0 Å². The van der Waals surface area contributed by atoms with Crippen molar-refractivity contribution in [3.8, 4) is 0 Å². The van der Waals surface area contributed by atoms with Crippen LogP contribution in [-0.2, 0) is 9.53 Å². The van der Waals surface area contributed by atoms with Crippen LogP contribution < -0.4 is 16.4 Å². The molecule has 7 nitrogen and oxygen atoms in total. The average Bonchev–Trinajstić information content (AvgIpc) is 2.53. The molecule has 0 atom stereocenters. The topological polar surface area (TPSA) is 82.9 Å². The summed E-state index contributed by atoms with van der Waals surface area (Å²) in [5, 5.41) is 6.64. The van der Waals surface area contributed by atoms with Crippen LogP contribution in [0, 0.1) is 0 Å². The molecular weight excluding hydrogens is 282 g/mol. The quantitative estimate of drug-likeness (QED) is 0.305. The Morgan fingerprint density at radius 2 is 1.55 bits per heavy atom. The summed E-state index contributed by atoms with van der Waals surface area (Å²) in [6, 6.07) is 0. The van der Waals surface area contributed by atoms with E-state index in [0.717, 1.165) is 58.9 Å². The van der Waals surface area contributed by atoms with Crippen molar-refractivity contribution in [3.63, 3.8) is 0 Å². The van der Waals surface area contributed by atoms with E-state index in [2.05, 4.69) is 20.4 Å². The van der Waals surface area contributed by atoms with E-state index < -0.39 is 0 Å². The van der Waals surface area contributed by atoms with E-state index in [1.54, 1.807) is 0 Å². The lowest BCUT2D eigenvalue weighted by molar-refractivity contribution is -0.142. The zero-order valence-corrected chi connectivity index (χ0v) is 14.0. The Kier molecular flexibility index (Phi) is 11.2. The second-order valence-electron chi connectivity index (χ2n) is 5.53. The third-order valence-corrected chi connectivity index (χ3v) is 3.81. The number of carbonyl (C=O) groups is 1. The number of carbonyl (C=O) groups excluding carboxylic acids is 1. The van der Waals surface area contributed by atoms with Crippen molar-refractivity contribution in [1.82, 2.24) is 20.4 Å². The number of hydrogen-bond acceptors (Lipinski definition) is 7. The molecule has 4 N–H and O–H groups in total. The van der Waals surface area contributed by atoms with Gasteiger partial charge in [-0.2, -0.15) is 0 Å². The summed E-state index contributed by atoms with van der Waals surface area (Å²) in [6.45, 7) is 13.2. The smallest absolute Gasteiger partial charge is 0.307 e. The fraction of sp³-hybridized carbons (Fsp3) is 0.933. The number of hydrogen-bond donors (Lipinski definition) is 3. The number of piperazine rings is 1. The summed E-state index contributed by atoms with van der Waals surface area (Å²) >= 11 is 0. The molecule has 130 valence electrons. The van der Waals surface area contributed by atoms with Gasteiger partial charge in [0.15, 0.2) is 0 Å². The summed E-state index contributed by atoms with van der Waals surface area (Å²) in [4.78, 5) is 16.1. The molecule has 0 aromatic rings. The molecule has 0 saturated carbocycles. The van der Waals surface area contributed by atoms with Crippen molar-refractivity contribution < 1.29 is 9.53 Å². The highest BCUT2D eigenvalue weighted by atomic mass is 16.5. The summed E-state index contributed by atoms with van der Waals surface area (Å²) in [6.07, 6.45) is 0.456. The number of rotatable bonds is 12. The molecule has 0 aliphatic carbocycles. The molecule has 22 heavy (non-hydrogen) atoms. The minimum atomic E-state index is -0.119. The van der Waals surface area contributed by atoms with E-state index in [1.165, 1.54) is 0 Å². The first kappa shape index (κ1) is 19.3. The van der Waals surface area contributed by atoms with Crippen LogP contribution in [0.15, 0.2) is 0 Å². The summed E-state index contributed by atoms with van der Waals surface area (Å²) in [7, 11) is 0. The van der Waals surface area contributed by atoms with Crippen LogP contribution in [0.5, 0.6) is 0 Å². The largest absolute Gasteiger partial charge is 0.466 e. The Morgan fingerprint density at radius 1 is 1.00 bits per heavy atom. The third-order valence-electron chi connectivity index (χ3n) is 3.81. The van der Waals surface area contributed by atoms with E-state index in [1.807, 2.05) is 6.92 Å². The number of esters is 1. The predicted molar refractivity (Wildman–Crippen MR) is 88.9 cm³/mol. The lowest BCUT2D eigenvalue weighted by Crippen LogP contribution is -2.49. The van der Waals surface area contributed by atoms with Crippen LogP contribution in [0.2, 0.25) is 0 Å². The lowest BCUT2D eigenvalue weighted by atomic mass is 10.3. The highest BCUT2D eigenvalue weighted by Crippen LogP contribution is 2.00. The summed E-state index contributed by atoms with van der Waals surface area (Å²) in [5.41, 5.74) is 5.45. The fourth-order valence-electron chi connectivity index (χ4n) is 2.49. The molecule has 0 radical (unpaired) electrons. The van der Waals surface area contributed by atoms with Gasteiger partial charge in [0, 0.05) is 72.0 Å². The molecule has 0 spiro atoms. The van der Waals surface area contributed by atoms with Crippen molar-refractivity contribution in [2.24, 2.45) is 5.73 Å². The Balaban J connectivity index is 1.93. The molecule has 0 aromatic heterocycles. The van der Waals surface area contributed by atoms with Crippen molar-refractivity contribution in [2.45, 2.75) is 13.3 Å². The molecule has 0 unspecified atom stereocenters. The summed E-state index contributed by atoms with van der Waals surface area (Å²) in [5.74, 6) is -0.119. The molecule has 1 aliphatic rings. The Labute approximate surface area is 134 Å². The van der Waals surface area contributed by atoms with Crippen LogP contribution in [0.25, 0.3) is 0 Å². The van der Waals surface area contributed by atoms with E-state index in [9.17, 15) is 4.79 Å². The number of ether oxygens (including phenoxy) is 1. The maximum atomic E-state index is 11.2. The van der Waals surface area contributed by atoms with Gasteiger partial charge in [-0.05, 0) is 6.92 Å². The minimum Gasteiger partial charge on any atom is -0.466 e. The third kappa shape index (κ3) is 9.32. The zero-order valence-electron chi connectivity index (χ0n) is 14.0. The first-order valence-corrected chi connectivity index (χ1v) is 8.48. The van der Waals surface area contributed by atoms with Gasteiger partial charge in [0.05, 0.1) is 13.0 Å². The van der Waals surface area contributed by atoms with E-state index in [-0.39, 0.29) is 5.97 Å². The minimum absolute atomic E-state index is 0.119.